The molecule has 1 aliphatic carbocycles. The predicted molar refractivity (Wildman–Crippen MR) is 93.7 cm³/mol. The van der Waals surface area contributed by atoms with Gasteiger partial charge < -0.3 is 14.9 Å². The van der Waals surface area contributed by atoms with Gasteiger partial charge in [0, 0.05) is 50.6 Å². The number of carbonyl (C=O) groups is 1. The van der Waals surface area contributed by atoms with Crippen molar-refractivity contribution >= 4 is 28.6 Å². The fourth-order valence-electron chi connectivity index (χ4n) is 4.48. The molecule has 7 nitrogen and oxygen atoms in total. The maximum atomic E-state index is 10.9. The highest BCUT2D eigenvalue weighted by molar-refractivity contribution is 5.88. The Morgan fingerprint density at radius 2 is 2.04 bits per heavy atom. The Kier molecular flexibility index (Phi) is 3.14. The molecule has 2 aromatic rings. The molecule has 2 saturated heterocycles. The summed E-state index contributed by atoms with van der Waals surface area (Å²) in [4.78, 5) is 29.4. The Hall–Kier alpha value is -2.44. The van der Waals surface area contributed by atoms with Crippen molar-refractivity contribution in [2.24, 2.45) is 17.8 Å². The van der Waals surface area contributed by atoms with Crippen LogP contribution >= 0.6 is 0 Å². The average molecular weight is 339 g/mol. The molecule has 5 rings (SSSR count). The first-order chi connectivity index (χ1) is 12.1. The Morgan fingerprint density at radius 1 is 1.28 bits per heavy atom. The summed E-state index contributed by atoms with van der Waals surface area (Å²) >= 11 is 0. The summed E-state index contributed by atoms with van der Waals surface area (Å²) in [6.45, 7) is 5.02. The predicted octanol–water partition coefficient (Wildman–Crippen LogP) is 1.78. The van der Waals surface area contributed by atoms with Crippen molar-refractivity contribution in [2.45, 2.75) is 25.8 Å². The van der Waals surface area contributed by atoms with E-state index in [0.717, 1.165) is 42.3 Å². The summed E-state index contributed by atoms with van der Waals surface area (Å²) < 4.78 is 0. The van der Waals surface area contributed by atoms with Crippen molar-refractivity contribution in [1.82, 2.24) is 15.0 Å². The molecule has 0 spiro atoms. The maximum absolute atomic E-state index is 10.9. The van der Waals surface area contributed by atoms with Crippen LogP contribution in [0.4, 0.5) is 11.6 Å². The van der Waals surface area contributed by atoms with Gasteiger partial charge in [0.2, 0.25) is 0 Å². The molecule has 4 heterocycles. The second-order valence-electron chi connectivity index (χ2n) is 7.55. The lowest BCUT2D eigenvalue weighted by atomic mass is 10.1. The molecule has 0 radical (unpaired) electrons. The Bertz CT molecular complexity index is 844. The third-order valence-electron chi connectivity index (χ3n) is 6.12. The monoisotopic (exact) mass is 339 g/mol. The number of hydrogen-bond acceptors (Lipinski definition) is 6. The zero-order valence-corrected chi connectivity index (χ0v) is 14.2. The molecule has 2 aromatic heterocycles. The lowest BCUT2D eigenvalue weighted by Crippen LogP contribution is -2.46. The van der Waals surface area contributed by atoms with E-state index in [4.69, 9.17) is 10.1 Å². The molecule has 7 heteroatoms. The quantitative estimate of drug-likeness (QED) is 0.909. The number of pyridine rings is 1. The average Bonchev–Trinajstić information content (AvgIpc) is 3.03. The molecule has 130 valence electrons. The number of carboxylic acids is 1. The van der Waals surface area contributed by atoms with E-state index in [9.17, 15) is 4.79 Å². The second kappa shape index (κ2) is 5.28. The maximum Gasteiger partial charge on any atom is 0.303 e. The van der Waals surface area contributed by atoms with Crippen LogP contribution in [0.15, 0.2) is 18.5 Å². The molecule has 1 saturated carbocycles. The highest BCUT2D eigenvalue weighted by Crippen LogP contribution is 2.54. The minimum absolute atomic E-state index is 0.302. The third kappa shape index (κ3) is 2.33. The first-order valence-electron chi connectivity index (χ1n) is 8.97. The Labute approximate surface area is 145 Å². The van der Waals surface area contributed by atoms with Crippen LogP contribution in [0.1, 0.15) is 19.8 Å². The molecule has 25 heavy (non-hydrogen) atoms. The van der Waals surface area contributed by atoms with E-state index >= 15 is 0 Å². The molecular formula is C18H21N5O2. The van der Waals surface area contributed by atoms with Gasteiger partial charge in [0.15, 0.2) is 5.82 Å². The molecule has 4 atom stereocenters. The largest absolute Gasteiger partial charge is 0.481 e. The minimum atomic E-state index is -0.681. The van der Waals surface area contributed by atoms with Gasteiger partial charge in [-0.2, -0.15) is 0 Å². The van der Waals surface area contributed by atoms with Crippen LogP contribution in [0.3, 0.4) is 0 Å². The highest BCUT2D eigenvalue weighted by atomic mass is 16.4. The third-order valence-corrected chi connectivity index (χ3v) is 6.12. The standard InChI is InChI=1S/C18H21N5O2/c1-10-2-5-23(10)18-17-14(19-3-4-20-17)7-15(21-18)22-8-12-11(6-16(24)25)13(12)9-22/h3-4,7,10-13H,2,5-6,8-9H2,1H3,(H,24,25)/t10-,11?,12-,13+/m0/s1. The van der Waals surface area contributed by atoms with Crippen molar-refractivity contribution in [3.8, 4) is 0 Å². The number of nitrogens with zero attached hydrogens (tertiary/aromatic N) is 5. The molecule has 2 aliphatic heterocycles. The van der Waals surface area contributed by atoms with Crippen molar-refractivity contribution in [2.75, 3.05) is 29.4 Å². The van der Waals surface area contributed by atoms with Gasteiger partial charge in [-0.05, 0) is 31.1 Å². The van der Waals surface area contributed by atoms with Gasteiger partial charge in [0.1, 0.15) is 11.3 Å². The number of anilines is 2. The summed E-state index contributed by atoms with van der Waals surface area (Å²) in [5.74, 6) is 2.55. The number of aromatic nitrogens is 3. The fraction of sp³-hybridized carbons (Fsp3) is 0.556. The summed E-state index contributed by atoms with van der Waals surface area (Å²) in [5.41, 5.74) is 1.75. The fourth-order valence-corrected chi connectivity index (χ4v) is 4.48. The number of piperidine rings is 1. The van der Waals surface area contributed by atoms with Gasteiger partial charge in [-0.25, -0.2) is 9.97 Å². The smallest absolute Gasteiger partial charge is 0.303 e. The topological polar surface area (TPSA) is 82.5 Å². The van der Waals surface area contributed by atoms with Gasteiger partial charge >= 0.3 is 5.97 Å². The van der Waals surface area contributed by atoms with Crippen LogP contribution in [-0.2, 0) is 4.79 Å². The van der Waals surface area contributed by atoms with Crippen LogP contribution in [0, 0.1) is 17.8 Å². The molecule has 0 aromatic carbocycles. The van der Waals surface area contributed by atoms with E-state index in [0.29, 0.717) is 30.2 Å². The van der Waals surface area contributed by atoms with Crippen molar-refractivity contribution < 1.29 is 9.90 Å². The van der Waals surface area contributed by atoms with Gasteiger partial charge in [-0.3, -0.25) is 9.78 Å². The van der Waals surface area contributed by atoms with Crippen LogP contribution in [0.5, 0.6) is 0 Å². The van der Waals surface area contributed by atoms with Crippen LogP contribution in [0.2, 0.25) is 0 Å². The molecule has 3 fully saturated rings. The van der Waals surface area contributed by atoms with Crippen LogP contribution in [-0.4, -0.2) is 51.7 Å². The van der Waals surface area contributed by atoms with E-state index < -0.39 is 5.97 Å². The lowest BCUT2D eigenvalue weighted by Gasteiger charge is -2.40. The molecule has 0 amide bonds. The number of rotatable bonds is 4. The van der Waals surface area contributed by atoms with E-state index in [1.165, 1.54) is 6.42 Å². The summed E-state index contributed by atoms with van der Waals surface area (Å²) in [7, 11) is 0. The van der Waals surface area contributed by atoms with Crippen molar-refractivity contribution in [1.29, 1.82) is 0 Å². The van der Waals surface area contributed by atoms with Gasteiger partial charge in [-0.1, -0.05) is 0 Å². The normalized spacial score (nSPS) is 30.3. The van der Waals surface area contributed by atoms with E-state index in [1.807, 2.05) is 6.07 Å². The number of hydrogen-bond donors (Lipinski definition) is 1. The number of carboxylic acid groups (broad SMARTS) is 1. The molecular weight excluding hydrogens is 318 g/mol. The molecule has 1 unspecified atom stereocenters. The Balaban J connectivity index is 1.44. The number of fused-ring (bicyclic) bond motifs is 2. The molecule has 3 aliphatic rings. The van der Waals surface area contributed by atoms with E-state index in [2.05, 4.69) is 26.7 Å². The first-order valence-corrected chi connectivity index (χ1v) is 8.97. The summed E-state index contributed by atoms with van der Waals surface area (Å²) in [6, 6.07) is 2.51. The van der Waals surface area contributed by atoms with E-state index in [1.54, 1.807) is 12.4 Å². The zero-order chi connectivity index (χ0) is 17.1. The minimum Gasteiger partial charge on any atom is -0.481 e. The van der Waals surface area contributed by atoms with Crippen molar-refractivity contribution in [3.05, 3.63) is 18.5 Å². The van der Waals surface area contributed by atoms with Gasteiger partial charge in [0.25, 0.3) is 0 Å². The molecule has 1 N–H and O–H groups in total. The second-order valence-corrected chi connectivity index (χ2v) is 7.55. The van der Waals surface area contributed by atoms with E-state index in [-0.39, 0.29) is 0 Å². The number of aliphatic carboxylic acids is 1. The lowest BCUT2D eigenvalue weighted by molar-refractivity contribution is -0.137. The van der Waals surface area contributed by atoms with Crippen molar-refractivity contribution in [3.63, 3.8) is 0 Å². The van der Waals surface area contributed by atoms with Crippen LogP contribution in [0.25, 0.3) is 11.0 Å². The highest BCUT2D eigenvalue weighted by Gasteiger charge is 2.56. The molecule has 0 bridgehead atoms. The van der Waals surface area contributed by atoms with Gasteiger partial charge in [0.05, 0.1) is 5.52 Å². The summed E-state index contributed by atoms with van der Waals surface area (Å²) in [5, 5.41) is 8.99. The zero-order valence-electron chi connectivity index (χ0n) is 14.2. The SMILES string of the molecule is C[C@H]1CCN1c1nc(N2C[C@@H]3C(CC(=O)O)[C@@H]3C2)cc2nccnc12. The Morgan fingerprint density at radius 3 is 2.68 bits per heavy atom. The summed E-state index contributed by atoms with van der Waals surface area (Å²) in [6.07, 6.45) is 4.92. The van der Waals surface area contributed by atoms with Crippen LogP contribution < -0.4 is 9.80 Å². The first kappa shape index (κ1) is 14.9. The van der Waals surface area contributed by atoms with Gasteiger partial charge in [-0.15, -0.1) is 0 Å².